The Morgan fingerprint density at radius 2 is 1.96 bits per heavy atom. The topological polar surface area (TPSA) is 85.3 Å². The van der Waals surface area contributed by atoms with Crippen molar-refractivity contribution >= 4 is 23.2 Å². The molecule has 0 saturated heterocycles. The van der Waals surface area contributed by atoms with Gasteiger partial charge in [0.1, 0.15) is 12.3 Å². The summed E-state index contributed by atoms with van der Waals surface area (Å²) in [6, 6.07) is 5.38. The summed E-state index contributed by atoms with van der Waals surface area (Å²) in [5.74, 6) is -0.562. The number of methoxy groups -OCH3 is 1. The third-order valence-corrected chi connectivity index (χ3v) is 3.03. The molecule has 0 fully saturated rings. The first-order valence-corrected chi connectivity index (χ1v) is 7.05. The van der Waals surface area contributed by atoms with Gasteiger partial charge in [-0.2, -0.15) is 18.3 Å². The fourth-order valence-corrected chi connectivity index (χ4v) is 2.02. The largest absolute Gasteiger partial charge is 0.495 e. The zero-order valence-corrected chi connectivity index (χ0v) is 13.3. The Morgan fingerprint density at radius 3 is 2.52 bits per heavy atom. The fraction of sp³-hybridized carbons (Fsp3) is 0.267. The SMILES string of the molecule is COc1ccc(NC(C)=O)cc1NC(=O)Cn1ccc(C(F)(F)F)n1. The van der Waals surface area contributed by atoms with E-state index in [9.17, 15) is 22.8 Å². The van der Waals surface area contributed by atoms with Gasteiger partial charge in [0.2, 0.25) is 11.8 Å². The molecule has 1 aromatic carbocycles. The molecule has 1 heterocycles. The minimum Gasteiger partial charge on any atom is -0.495 e. The van der Waals surface area contributed by atoms with Gasteiger partial charge in [-0.1, -0.05) is 0 Å². The summed E-state index contributed by atoms with van der Waals surface area (Å²) in [6.45, 7) is 0.919. The molecule has 0 unspecified atom stereocenters. The lowest BCUT2D eigenvalue weighted by molar-refractivity contribution is -0.141. The van der Waals surface area contributed by atoms with E-state index in [4.69, 9.17) is 4.74 Å². The third-order valence-electron chi connectivity index (χ3n) is 3.03. The third kappa shape index (κ3) is 4.96. The van der Waals surface area contributed by atoms with Crippen LogP contribution < -0.4 is 15.4 Å². The van der Waals surface area contributed by atoms with Crippen LogP contribution in [0.2, 0.25) is 0 Å². The number of carbonyl (C=O) groups is 2. The summed E-state index contributed by atoms with van der Waals surface area (Å²) in [6.07, 6.45) is -3.51. The van der Waals surface area contributed by atoms with Crippen molar-refractivity contribution < 1.29 is 27.5 Å². The van der Waals surface area contributed by atoms with Crippen LogP contribution in [0.5, 0.6) is 5.75 Å². The van der Waals surface area contributed by atoms with E-state index in [-0.39, 0.29) is 11.6 Å². The van der Waals surface area contributed by atoms with Crippen molar-refractivity contribution in [2.75, 3.05) is 17.7 Å². The number of hydrogen-bond acceptors (Lipinski definition) is 4. The zero-order valence-electron chi connectivity index (χ0n) is 13.3. The van der Waals surface area contributed by atoms with Gasteiger partial charge in [-0.15, -0.1) is 0 Å². The molecule has 25 heavy (non-hydrogen) atoms. The smallest absolute Gasteiger partial charge is 0.435 e. The van der Waals surface area contributed by atoms with Crippen molar-refractivity contribution in [3.8, 4) is 5.75 Å². The van der Waals surface area contributed by atoms with Crippen LogP contribution in [0.1, 0.15) is 12.6 Å². The number of benzene rings is 1. The Labute approximate surface area is 140 Å². The number of nitrogens with one attached hydrogen (secondary N) is 2. The lowest BCUT2D eigenvalue weighted by Gasteiger charge is -2.12. The summed E-state index contributed by atoms with van der Waals surface area (Å²) in [7, 11) is 1.40. The number of rotatable bonds is 5. The maximum absolute atomic E-state index is 12.5. The number of aromatic nitrogens is 2. The van der Waals surface area contributed by atoms with E-state index < -0.39 is 24.3 Å². The zero-order chi connectivity index (χ0) is 18.6. The second-order valence-corrected chi connectivity index (χ2v) is 5.04. The molecule has 0 atom stereocenters. The van der Waals surface area contributed by atoms with E-state index in [1.54, 1.807) is 6.07 Å². The standard InChI is InChI=1S/C15H15F3N4O3/c1-9(23)19-10-3-4-12(25-2)11(7-10)20-14(24)8-22-6-5-13(21-22)15(16,17)18/h3-7H,8H2,1-2H3,(H,19,23)(H,20,24). The average Bonchev–Trinajstić information content (AvgIpc) is 2.95. The summed E-state index contributed by atoms with van der Waals surface area (Å²) in [5.41, 5.74) is -0.380. The van der Waals surface area contributed by atoms with Crippen LogP contribution in [0, 0.1) is 0 Å². The predicted octanol–water partition coefficient (Wildman–Crippen LogP) is 2.51. The number of alkyl halides is 3. The molecule has 0 spiro atoms. The Kier molecular flexibility index (Phi) is 5.30. The van der Waals surface area contributed by atoms with Crippen molar-refractivity contribution in [3.63, 3.8) is 0 Å². The summed E-state index contributed by atoms with van der Waals surface area (Å²) in [4.78, 5) is 23.1. The molecule has 10 heteroatoms. The molecule has 0 aliphatic carbocycles. The number of hydrogen-bond donors (Lipinski definition) is 2. The molecule has 0 aliphatic rings. The van der Waals surface area contributed by atoms with Crippen LogP contribution in [-0.4, -0.2) is 28.7 Å². The fourth-order valence-electron chi connectivity index (χ4n) is 2.02. The molecule has 0 aliphatic heterocycles. The van der Waals surface area contributed by atoms with Gasteiger partial charge in [-0.3, -0.25) is 14.3 Å². The summed E-state index contributed by atoms with van der Waals surface area (Å²) >= 11 is 0. The van der Waals surface area contributed by atoms with Crippen LogP contribution >= 0.6 is 0 Å². The number of amides is 2. The quantitative estimate of drug-likeness (QED) is 0.862. The number of nitrogens with zero attached hydrogens (tertiary/aromatic N) is 2. The van der Waals surface area contributed by atoms with E-state index in [0.717, 1.165) is 16.9 Å². The minimum atomic E-state index is -4.57. The van der Waals surface area contributed by atoms with Crippen molar-refractivity contribution in [3.05, 3.63) is 36.2 Å². The Balaban J connectivity index is 2.11. The predicted molar refractivity (Wildman–Crippen MR) is 83.2 cm³/mol. The Morgan fingerprint density at radius 1 is 1.24 bits per heavy atom. The molecule has 2 N–H and O–H groups in total. The molecule has 0 radical (unpaired) electrons. The van der Waals surface area contributed by atoms with Crippen molar-refractivity contribution in [1.29, 1.82) is 0 Å². The van der Waals surface area contributed by atoms with E-state index in [2.05, 4.69) is 15.7 Å². The minimum absolute atomic E-state index is 0.266. The number of anilines is 2. The molecular formula is C15H15F3N4O3. The molecule has 2 rings (SSSR count). The molecule has 0 bridgehead atoms. The van der Waals surface area contributed by atoms with E-state index in [0.29, 0.717) is 11.4 Å². The van der Waals surface area contributed by atoms with Crippen molar-refractivity contribution in [1.82, 2.24) is 9.78 Å². The van der Waals surface area contributed by atoms with Gasteiger partial charge < -0.3 is 15.4 Å². The molecule has 2 amide bonds. The van der Waals surface area contributed by atoms with Crippen LogP contribution in [0.15, 0.2) is 30.5 Å². The van der Waals surface area contributed by atoms with Gasteiger partial charge in [-0.25, -0.2) is 0 Å². The van der Waals surface area contributed by atoms with E-state index in [1.165, 1.54) is 26.2 Å². The normalized spacial score (nSPS) is 11.1. The molecule has 7 nitrogen and oxygen atoms in total. The Hall–Kier alpha value is -3.04. The second-order valence-electron chi connectivity index (χ2n) is 5.04. The first-order valence-electron chi connectivity index (χ1n) is 7.05. The maximum atomic E-state index is 12.5. The first kappa shape index (κ1) is 18.3. The van der Waals surface area contributed by atoms with Gasteiger partial charge in [0, 0.05) is 18.8 Å². The second kappa shape index (κ2) is 7.24. The number of ether oxygens (including phenoxy) is 1. The molecule has 134 valence electrons. The highest BCUT2D eigenvalue weighted by atomic mass is 19.4. The highest BCUT2D eigenvalue weighted by Crippen LogP contribution is 2.28. The molecule has 2 aromatic rings. The van der Waals surface area contributed by atoms with Gasteiger partial charge in [0.15, 0.2) is 5.69 Å². The van der Waals surface area contributed by atoms with Gasteiger partial charge in [0.05, 0.1) is 12.8 Å². The monoisotopic (exact) mass is 356 g/mol. The van der Waals surface area contributed by atoms with E-state index in [1.807, 2.05) is 0 Å². The van der Waals surface area contributed by atoms with Crippen LogP contribution in [0.25, 0.3) is 0 Å². The van der Waals surface area contributed by atoms with Crippen molar-refractivity contribution in [2.45, 2.75) is 19.6 Å². The maximum Gasteiger partial charge on any atom is 0.435 e. The molecular weight excluding hydrogens is 341 g/mol. The number of carbonyl (C=O) groups excluding carboxylic acids is 2. The summed E-state index contributed by atoms with van der Waals surface area (Å²) in [5, 5.41) is 8.37. The lowest BCUT2D eigenvalue weighted by atomic mass is 10.2. The van der Waals surface area contributed by atoms with Crippen molar-refractivity contribution in [2.24, 2.45) is 0 Å². The lowest BCUT2D eigenvalue weighted by Crippen LogP contribution is -2.20. The Bertz CT molecular complexity index is 787. The van der Waals surface area contributed by atoms with Gasteiger partial charge >= 0.3 is 6.18 Å². The van der Waals surface area contributed by atoms with Crippen LogP contribution in [0.4, 0.5) is 24.5 Å². The first-order chi connectivity index (χ1) is 11.7. The highest BCUT2D eigenvalue weighted by Gasteiger charge is 2.33. The van der Waals surface area contributed by atoms with Gasteiger partial charge in [-0.05, 0) is 24.3 Å². The summed E-state index contributed by atoms with van der Waals surface area (Å²) < 4.78 is 43.5. The molecule has 0 saturated carbocycles. The average molecular weight is 356 g/mol. The highest BCUT2D eigenvalue weighted by molar-refractivity contribution is 5.94. The van der Waals surface area contributed by atoms with Crippen LogP contribution in [0.3, 0.4) is 0 Å². The van der Waals surface area contributed by atoms with Crippen LogP contribution in [-0.2, 0) is 22.3 Å². The molecule has 1 aromatic heterocycles. The van der Waals surface area contributed by atoms with Gasteiger partial charge in [0.25, 0.3) is 0 Å². The number of halogens is 3. The van der Waals surface area contributed by atoms with E-state index >= 15 is 0 Å².